The summed E-state index contributed by atoms with van der Waals surface area (Å²) in [7, 11) is 3.87. The van der Waals surface area contributed by atoms with Gasteiger partial charge in [-0.15, -0.1) is 0 Å². The Kier molecular flexibility index (Phi) is 4.15. The number of piperidine rings is 1. The average molecular weight is 248 g/mol. The lowest BCUT2D eigenvalue weighted by atomic mass is 10.1. The normalized spacial score (nSPS) is 20.4. The third-order valence-corrected chi connectivity index (χ3v) is 3.20. The van der Waals surface area contributed by atoms with Crippen molar-refractivity contribution < 1.29 is 4.79 Å². The number of pyridine rings is 1. The quantitative estimate of drug-likeness (QED) is 0.836. The number of aromatic nitrogens is 1. The molecule has 18 heavy (non-hydrogen) atoms. The van der Waals surface area contributed by atoms with Gasteiger partial charge in [-0.2, -0.15) is 0 Å². The van der Waals surface area contributed by atoms with Crippen molar-refractivity contribution in [3.05, 3.63) is 23.9 Å². The van der Waals surface area contributed by atoms with E-state index in [-0.39, 0.29) is 11.9 Å². The highest BCUT2D eigenvalue weighted by Crippen LogP contribution is 2.09. The molecule has 1 fully saturated rings. The number of nitrogens with one attached hydrogen (secondary N) is 2. The van der Waals surface area contributed by atoms with Crippen LogP contribution in [0.3, 0.4) is 0 Å². The minimum Gasteiger partial charge on any atom is -0.373 e. The molecule has 1 saturated heterocycles. The van der Waals surface area contributed by atoms with Crippen LogP contribution in [0.4, 0.5) is 5.82 Å². The molecule has 1 amide bonds. The van der Waals surface area contributed by atoms with Gasteiger partial charge < -0.3 is 15.5 Å². The minimum absolute atomic E-state index is 0.0904. The Bertz CT molecular complexity index is 421. The molecule has 0 aliphatic carbocycles. The number of likely N-dealkylation sites (tertiary alicyclic amines) is 1. The molecule has 5 heteroatoms. The van der Waals surface area contributed by atoms with Crippen molar-refractivity contribution >= 4 is 11.7 Å². The van der Waals surface area contributed by atoms with E-state index < -0.39 is 0 Å². The summed E-state index contributed by atoms with van der Waals surface area (Å²) in [6.45, 7) is 2.03. The first-order valence-electron chi connectivity index (χ1n) is 6.33. The molecule has 1 unspecified atom stereocenters. The second kappa shape index (κ2) is 5.82. The van der Waals surface area contributed by atoms with Crippen LogP contribution in [0.15, 0.2) is 18.2 Å². The molecular formula is C13H20N4O. The summed E-state index contributed by atoms with van der Waals surface area (Å²) in [6, 6.07) is 5.64. The predicted molar refractivity (Wildman–Crippen MR) is 71.8 cm³/mol. The molecule has 1 aromatic rings. The van der Waals surface area contributed by atoms with Crippen molar-refractivity contribution in [2.75, 3.05) is 32.5 Å². The smallest absolute Gasteiger partial charge is 0.270 e. The SMILES string of the molecule is CNc1cccc(C(=O)NC2CCCN(C)C2)n1. The number of anilines is 1. The molecule has 1 aromatic heterocycles. The van der Waals surface area contributed by atoms with E-state index in [2.05, 4.69) is 27.6 Å². The fourth-order valence-electron chi connectivity index (χ4n) is 2.24. The molecule has 5 nitrogen and oxygen atoms in total. The second-order valence-corrected chi connectivity index (χ2v) is 4.73. The molecule has 0 spiro atoms. The molecule has 1 atom stereocenters. The number of rotatable bonds is 3. The fourth-order valence-corrected chi connectivity index (χ4v) is 2.24. The molecular weight excluding hydrogens is 228 g/mol. The van der Waals surface area contributed by atoms with Crippen LogP contribution in [0.25, 0.3) is 0 Å². The molecule has 2 N–H and O–H groups in total. The third-order valence-electron chi connectivity index (χ3n) is 3.20. The van der Waals surface area contributed by atoms with E-state index in [0.29, 0.717) is 11.5 Å². The van der Waals surface area contributed by atoms with Crippen LogP contribution in [-0.4, -0.2) is 49.0 Å². The van der Waals surface area contributed by atoms with Gasteiger partial charge in [0, 0.05) is 19.6 Å². The maximum atomic E-state index is 12.1. The maximum Gasteiger partial charge on any atom is 0.270 e. The first-order chi connectivity index (χ1) is 8.69. The third kappa shape index (κ3) is 3.20. The van der Waals surface area contributed by atoms with Gasteiger partial charge in [-0.3, -0.25) is 4.79 Å². The highest BCUT2D eigenvalue weighted by molar-refractivity contribution is 5.92. The van der Waals surface area contributed by atoms with E-state index in [1.807, 2.05) is 12.1 Å². The molecule has 0 bridgehead atoms. The van der Waals surface area contributed by atoms with E-state index in [9.17, 15) is 4.79 Å². The molecule has 0 saturated carbocycles. The Morgan fingerprint density at radius 2 is 2.33 bits per heavy atom. The summed E-state index contributed by atoms with van der Waals surface area (Å²) >= 11 is 0. The Balaban J connectivity index is 1.98. The van der Waals surface area contributed by atoms with Crippen LogP contribution in [0.2, 0.25) is 0 Å². The van der Waals surface area contributed by atoms with Crippen molar-refractivity contribution in [2.24, 2.45) is 0 Å². The molecule has 2 heterocycles. The number of carbonyl (C=O) groups is 1. The summed E-state index contributed by atoms with van der Waals surface area (Å²) in [5.41, 5.74) is 0.468. The molecule has 2 rings (SSSR count). The predicted octanol–water partition coefficient (Wildman–Crippen LogP) is 0.947. The minimum atomic E-state index is -0.0904. The first-order valence-corrected chi connectivity index (χ1v) is 6.33. The number of hydrogen-bond acceptors (Lipinski definition) is 4. The lowest BCUT2D eigenvalue weighted by Gasteiger charge is -2.30. The molecule has 98 valence electrons. The Morgan fingerprint density at radius 3 is 3.06 bits per heavy atom. The Hall–Kier alpha value is -1.62. The average Bonchev–Trinajstić information content (AvgIpc) is 2.39. The lowest BCUT2D eigenvalue weighted by molar-refractivity contribution is 0.0907. The van der Waals surface area contributed by atoms with Crippen molar-refractivity contribution in [1.82, 2.24) is 15.2 Å². The largest absolute Gasteiger partial charge is 0.373 e. The molecule has 1 aliphatic rings. The number of hydrogen-bond donors (Lipinski definition) is 2. The first kappa shape index (κ1) is 12.8. The van der Waals surface area contributed by atoms with Crippen LogP contribution in [0.5, 0.6) is 0 Å². The highest BCUT2D eigenvalue weighted by Gasteiger charge is 2.20. The van der Waals surface area contributed by atoms with Crippen molar-refractivity contribution in [2.45, 2.75) is 18.9 Å². The van der Waals surface area contributed by atoms with E-state index in [4.69, 9.17) is 0 Å². The van der Waals surface area contributed by atoms with Crippen LogP contribution in [0, 0.1) is 0 Å². The summed E-state index contributed by atoms with van der Waals surface area (Å²) < 4.78 is 0. The Morgan fingerprint density at radius 1 is 1.50 bits per heavy atom. The van der Waals surface area contributed by atoms with Gasteiger partial charge in [0.2, 0.25) is 0 Å². The van der Waals surface area contributed by atoms with Crippen LogP contribution >= 0.6 is 0 Å². The van der Waals surface area contributed by atoms with Gasteiger partial charge in [0.15, 0.2) is 0 Å². The summed E-state index contributed by atoms with van der Waals surface area (Å²) in [5, 5.41) is 5.98. The Labute approximate surface area is 108 Å². The topological polar surface area (TPSA) is 57.3 Å². The zero-order chi connectivity index (χ0) is 13.0. The number of carbonyl (C=O) groups excluding carboxylic acids is 1. The van der Waals surface area contributed by atoms with Gasteiger partial charge in [-0.05, 0) is 38.6 Å². The van der Waals surface area contributed by atoms with Crippen molar-refractivity contribution in [3.8, 4) is 0 Å². The molecule has 1 aliphatic heterocycles. The van der Waals surface area contributed by atoms with Gasteiger partial charge in [0.05, 0.1) is 0 Å². The summed E-state index contributed by atoms with van der Waals surface area (Å²) in [5.74, 6) is 0.621. The van der Waals surface area contributed by atoms with Gasteiger partial charge in [0.1, 0.15) is 11.5 Å². The van der Waals surface area contributed by atoms with Crippen LogP contribution in [0.1, 0.15) is 23.3 Å². The van der Waals surface area contributed by atoms with E-state index in [1.54, 1.807) is 13.1 Å². The van der Waals surface area contributed by atoms with Crippen LogP contribution < -0.4 is 10.6 Å². The van der Waals surface area contributed by atoms with Crippen LogP contribution in [-0.2, 0) is 0 Å². The number of likely N-dealkylation sites (N-methyl/N-ethyl adjacent to an activating group) is 1. The number of nitrogens with zero attached hydrogens (tertiary/aromatic N) is 2. The van der Waals surface area contributed by atoms with E-state index >= 15 is 0 Å². The maximum absolute atomic E-state index is 12.1. The zero-order valence-corrected chi connectivity index (χ0v) is 10.9. The van der Waals surface area contributed by atoms with E-state index in [0.717, 1.165) is 25.9 Å². The monoisotopic (exact) mass is 248 g/mol. The van der Waals surface area contributed by atoms with Gasteiger partial charge in [0.25, 0.3) is 5.91 Å². The van der Waals surface area contributed by atoms with Gasteiger partial charge in [-0.25, -0.2) is 4.98 Å². The highest BCUT2D eigenvalue weighted by atomic mass is 16.1. The van der Waals surface area contributed by atoms with Crippen molar-refractivity contribution in [1.29, 1.82) is 0 Å². The van der Waals surface area contributed by atoms with Crippen molar-refractivity contribution in [3.63, 3.8) is 0 Å². The standard InChI is InChI=1S/C13H20N4O/c1-14-12-7-3-6-11(16-12)13(18)15-10-5-4-8-17(2)9-10/h3,6-7,10H,4-5,8-9H2,1-2H3,(H,14,16)(H,15,18). The molecule has 0 radical (unpaired) electrons. The van der Waals surface area contributed by atoms with E-state index in [1.165, 1.54) is 0 Å². The molecule has 0 aromatic carbocycles. The summed E-state index contributed by atoms with van der Waals surface area (Å²) in [6.07, 6.45) is 2.17. The van der Waals surface area contributed by atoms with Gasteiger partial charge >= 0.3 is 0 Å². The lowest BCUT2D eigenvalue weighted by Crippen LogP contribution is -2.46. The summed E-state index contributed by atoms with van der Waals surface area (Å²) in [4.78, 5) is 18.5. The second-order valence-electron chi connectivity index (χ2n) is 4.73. The fraction of sp³-hybridized carbons (Fsp3) is 0.538. The van der Waals surface area contributed by atoms with Gasteiger partial charge in [-0.1, -0.05) is 6.07 Å². The number of amides is 1. The zero-order valence-electron chi connectivity index (χ0n) is 10.9.